The Kier molecular flexibility index (Phi) is 5.34. The van der Waals surface area contributed by atoms with Crippen LogP contribution in [0.4, 0.5) is 0 Å². The molecule has 1 aromatic heterocycles. The summed E-state index contributed by atoms with van der Waals surface area (Å²) in [6, 6.07) is 13.6. The summed E-state index contributed by atoms with van der Waals surface area (Å²) >= 11 is 0. The highest BCUT2D eigenvalue weighted by molar-refractivity contribution is 5.93. The number of rotatable bonds is 4. The number of carbonyl (C=O) groups is 1. The zero-order valence-electron chi connectivity index (χ0n) is 14.7. The van der Waals surface area contributed by atoms with Gasteiger partial charge >= 0.3 is 0 Å². The van der Waals surface area contributed by atoms with Gasteiger partial charge in [0.2, 0.25) is 0 Å². The highest BCUT2D eigenvalue weighted by Gasteiger charge is 2.32. The highest BCUT2D eigenvalue weighted by atomic mass is 16.5. The van der Waals surface area contributed by atoms with Crippen molar-refractivity contribution in [1.82, 2.24) is 9.47 Å². The highest BCUT2D eigenvalue weighted by Crippen LogP contribution is 2.24. The van der Waals surface area contributed by atoms with E-state index in [1.54, 1.807) is 37.4 Å². The lowest BCUT2D eigenvalue weighted by Gasteiger charge is -2.38. The van der Waals surface area contributed by atoms with Gasteiger partial charge in [0.25, 0.3) is 11.5 Å². The van der Waals surface area contributed by atoms with Crippen molar-refractivity contribution < 1.29 is 9.53 Å². The van der Waals surface area contributed by atoms with Crippen molar-refractivity contribution in [3.8, 4) is 0 Å². The van der Waals surface area contributed by atoms with E-state index < -0.39 is 0 Å². The molecule has 1 saturated heterocycles. The third-order valence-electron chi connectivity index (χ3n) is 4.95. The smallest absolute Gasteiger partial charge is 0.263 e. The van der Waals surface area contributed by atoms with Gasteiger partial charge in [0.05, 0.1) is 6.10 Å². The van der Waals surface area contributed by atoms with E-state index in [-0.39, 0.29) is 29.1 Å². The fourth-order valence-corrected chi connectivity index (χ4v) is 3.55. The first-order chi connectivity index (χ1) is 12.1. The maximum absolute atomic E-state index is 12.8. The average molecular weight is 340 g/mol. The molecule has 1 aromatic carbocycles. The van der Waals surface area contributed by atoms with Crippen molar-refractivity contribution in [2.24, 2.45) is 13.0 Å². The van der Waals surface area contributed by atoms with Crippen LogP contribution in [0.2, 0.25) is 0 Å². The zero-order valence-corrected chi connectivity index (χ0v) is 14.7. The molecule has 0 spiro atoms. The first-order valence-corrected chi connectivity index (χ1v) is 8.61. The Balaban J connectivity index is 1.78. The first kappa shape index (κ1) is 17.4. The van der Waals surface area contributed by atoms with Crippen LogP contribution in [0.3, 0.4) is 0 Å². The molecule has 132 valence electrons. The first-order valence-electron chi connectivity index (χ1n) is 8.61. The summed E-state index contributed by atoms with van der Waals surface area (Å²) < 4.78 is 7.09. The van der Waals surface area contributed by atoms with Crippen LogP contribution in [0.15, 0.2) is 53.5 Å². The van der Waals surface area contributed by atoms with Gasteiger partial charge in [-0.2, -0.15) is 0 Å². The number of aryl methyl sites for hydroxylation is 1. The van der Waals surface area contributed by atoms with E-state index in [2.05, 4.69) is 12.1 Å². The largest absolute Gasteiger partial charge is 0.381 e. The number of piperidine rings is 1. The van der Waals surface area contributed by atoms with Gasteiger partial charge in [-0.15, -0.1) is 0 Å². The third-order valence-corrected chi connectivity index (χ3v) is 4.95. The molecule has 3 rings (SSSR count). The minimum Gasteiger partial charge on any atom is -0.381 e. The monoisotopic (exact) mass is 340 g/mol. The molecule has 1 fully saturated rings. The number of benzene rings is 1. The topological polar surface area (TPSA) is 51.5 Å². The van der Waals surface area contributed by atoms with Crippen molar-refractivity contribution in [2.75, 3.05) is 20.2 Å². The second kappa shape index (κ2) is 7.66. The van der Waals surface area contributed by atoms with Crippen molar-refractivity contribution in [3.05, 3.63) is 70.1 Å². The molecule has 1 aliphatic heterocycles. The Bertz CT molecular complexity index is 785. The van der Waals surface area contributed by atoms with E-state index in [0.29, 0.717) is 13.1 Å². The van der Waals surface area contributed by atoms with Gasteiger partial charge in [-0.1, -0.05) is 30.3 Å². The fraction of sp³-hybridized carbons (Fsp3) is 0.400. The lowest BCUT2D eigenvalue weighted by molar-refractivity contribution is -0.00306. The van der Waals surface area contributed by atoms with Crippen LogP contribution in [-0.4, -0.2) is 41.7 Å². The number of nitrogens with zero attached hydrogens (tertiary/aromatic N) is 2. The summed E-state index contributed by atoms with van der Waals surface area (Å²) in [5.74, 6) is 0.0338. The Labute approximate surface area is 147 Å². The molecule has 2 aromatic rings. The molecule has 5 heteroatoms. The average Bonchev–Trinajstić information content (AvgIpc) is 2.64. The van der Waals surface area contributed by atoms with E-state index in [9.17, 15) is 9.59 Å². The second-order valence-electron chi connectivity index (χ2n) is 6.60. The number of pyridine rings is 1. The van der Waals surface area contributed by atoms with Crippen molar-refractivity contribution in [2.45, 2.75) is 18.9 Å². The Morgan fingerprint density at radius 1 is 1.20 bits per heavy atom. The third kappa shape index (κ3) is 3.82. The lowest BCUT2D eigenvalue weighted by atomic mass is 9.88. The number of aromatic nitrogens is 1. The molecular formula is C20H24N2O3. The van der Waals surface area contributed by atoms with Gasteiger partial charge in [-0.3, -0.25) is 9.59 Å². The van der Waals surface area contributed by atoms with Gasteiger partial charge in [0.1, 0.15) is 5.56 Å². The van der Waals surface area contributed by atoms with Crippen LogP contribution in [0.25, 0.3) is 0 Å². The summed E-state index contributed by atoms with van der Waals surface area (Å²) in [7, 11) is 3.39. The van der Waals surface area contributed by atoms with E-state index in [1.165, 1.54) is 10.1 Å². The van der Waals surface area contributed by atoms with Crippen LogP contribution in [0, 0.1) is 5.92 Å². The minimum absolute atomic E-state index is 0.128. The molecular weight excluding hydrogens is 316 g/mol. The van der Waals surface area contributed by atoms with Crippen molar-refractivity contribution in [1.29, 1.82) is 0 Å². The van der Waals surface area contributed by atoms with Crippen molar-refractivity contribution in [3.63, 3.8) is 0 Å². The van der Waals surface area contributed by atoms with Crippen LogP contribution in [-0.2, 0) is 18.2 Å². The Morgan fingerprint density at radius 3 is 2.68 bits per heavy atom. The van der Waals surface area contributed by atoms with E-state index >= 15 is 0 Å². The molecule has 25 heavy (non-hydrogen) atoms. The Morgan fingerprint density at radius 2 is 1.96 bits per heavy atom. The molecule has 0 bridgehead atoms. The molecule has 0 unspecified atom stereocenters. The van der Waals surface area contributed by atoms with Crippen molar-refractivity contribution >= 4 is 5.91 Å². The summed E-state index contributed by atoms with van der Waals surface area (Å²) in [6.07, 6.45) is 3.43. The summed E-state index contributed by atoms with van der Waals surface area (Å²) in [5, 5.41) is 0. The van der Waals surface area contributed by atoms with Gasteiger partial charge in [0, 0.05) is 39.4 Å². The van der Waals surface area contributed by atoms with Gasteiger partial charge in [0.15, 0.2) is 0 Å². The molecule has 0 aliphatic carbocycles. The van der Waals surface area contributed by atoms with Gasteiger partial charge in [-0.05, 0) is 30.5 Å². The summed E-state index contributed by atoms with van der Waals surface area (Å²) in [4.78, 5) is 26.9. The molecule has 0 radical (unpaired) electrons. The number of likely N-dealkylation sites (tertiary alicyclic amines) is 1. The predicted molar refractivity (Wildman–Crippen MR) is 96.6 cm³/mol. The number of hydrogen-bond donors (Lipinski definition) is 0. The summed E-state index contributed by atoms with van der Waals surface area (Å²) in [5.41, 5.74) is 1.22. The minimum atomic E-state index is -0.249. The molecule has 0 N–H and O–H groups in total. The van der Waals surface area contributed by atoms with E-state index in [0.717, 1.165) is 12.8 Å². The molecule has 5 nitrogen and oxygen atoms in total. The number of methoxy groups -OCH3 is 1. The van der Waals surface area contributed by atoms with Crippen LogP contribution >= 0.6 is 0 Å². The molecule has 0 saturated carbocycles. The fourth-order valence-electron chi connectivity index (χ4n) is 3.55. The SMILES string of the molecule is CO[C@H]1CCN(C(=O)c2cccn(C)c2=O)C[C@H]1Cc1ccccc1. The molecule has 1 aliphatic rings. The van der Waals surface area contributed by atoms with Crippen LogP contribution in [0.5, 0.6) is 0 Å². The number of carbonyl (C=O) groups excluding carboxylic acids is 1. The van der Waals surface area contributed by atoms with Gasteiger partial charge < -0.3 is 14.2 Å². The second-order valence-corrected chi connectivity index (χ2v) is 6.60. The molecule has 1 amide bonds. The quantitative estimate of drug-likeness (QED) is 0.856. The predicted octanol–water partition coefficient (Wildman–Crippen LogP) is 2.11. The maximum atomic E-state index is 12.8. The van der Waals surface area contributed by atoms with Crippen LogP contribution < -0.4 is 5.56 Å². The van der Waals surface area contributed by atoms with E-state index in [4.69, 9.17) is 4.74 Å². The maximum Gasteiger partial charge on any atom is 0.263 e. The summed E-state index contributed by atoms with van der Waals surface area (Å²) in [6.45, 7) is 1.21. The standard InChI is InChI=1S/C20H24N2O3/c1-21-11-6-9-17(19(21)23)20(24)22-12-10-18(25-2)16(14-22)13-15-7-4-3-5-8-15/h3-9,11,16,18H,10,12-14H2,1-2H3/t16-,18+/m1/s1. The van der Waals surface area contributed by atoms with Crippen LogP contribution in [0.1, 0.15) is 22.3 Å². The lowest BCUT2D eigenvalue weighted by Crippen LogP contribution is -2.48. The normalized spacial score (nSPS) is 20.5. The Hall–Kier alpha value is -2.40. The number of hydrogen-bond acceptors (Lipinski definition) is 3. The molecule has 2 atom stereocenters. The number of amides is 1. The number of ether oxygens (including phenoxy) is 1. The molecule has 2 heterocycles. The zero-order chi connectivity index (χ0) is 17.8. The van der Waals surface area contributed by atoms with Gasteiger partial charge in [-0.25, -0.2) is 0 Å². The van der Waals surface area contributed by atoms with E-state index in [1.807, 2.05) is 18.2 Å².